The number of piperazine rings is 1. The maximum Gasteiger partial charge on any atom is 0.349 e. The molecule has 0 aliphatic carbocycles. The van der Waals surface area contributed by atoms with Gasteiger partial charge in [0, 0.05) is 43.3 Å². The van der Waals surface area contributed by atoms with Gasteiger partial charge in [-0.2, -0.15) is 0 Å². The highest BCUT2D eigenvalue weighted by Gasteiger charge is 2.17. The van der Waals surface area contributed by atoms with Crippen molar-refractivity contribution in [1.29, 1.82) is 0 Å². The lowest BCUT2D eigenvalue weighted by atomic mass is 10.1. The first-order valence-electron chi connectivity index (χ1n) is 8.78. The third-order valence-corrected chi connectivity index (χ3v) is 4.80. The van der Waals surface area contributed by atoms with Crippen LogP contribution in [0.4, 0.5) is 10.1 Å². The predicted octanol–water partition coefficient (Wildman–Crippen LogP) is 3.15. The Balaban J connectivity index is 1.60. The summed E-state index contributed by atoms with van der Waals surface area (Å²) < 4.78 is 24.9. The Kier molecular flexibility index (Phi) is 3.68. The number of para-hydroxylation sites is 1. The van der Waals surface area contributed by atoms with E-state index in [1.807, 2.05) is 18.2 Å². The van der Waals surface area contributed by atoms with Gasteiger partial charge >= 0.3 is 5.63 Å². The van der Waals surface area contributed by atoms with Gasteiger partial charge in [-0.1, -0.05) is 6.07 Å². The second-order valence-corrected chi connectivity index (χ2v) is 6.51. The van der Waals surface area contributed by atoms with Crippen molar-refractivity contribution in [1.82, 2.24) is 10.3 Å². The highest BCUT2D eigenvalue weighted by molar-refractivity contribution is 5.84. The van der Waals surface area contributed by atoms with E-state index in [0.29, 0.717) is 11.2 Å². The first kappa shape index (κ1) is 16.0. The second-order valence-electron chi connectivity index (χ2n) is 6.51. The summed E-state index contributed by atoms with van der Waals surface area (Å²) in [5.74, 6) is -0.440. The molecular formula is C20H16FN3O3. The highest BCUT2D eigenvalue weighted by atomic mass is 19.1. The van der Waals surface area contributed by atoms with Crippen LogP contribution in [0.1, 0.15) is 0 Å². The lowest BCUT2D eigenvalue weighted by Crippen LogP contribution is -2.43. The van der Waals surface area contributed by atoms with Gasteiger partial charge in [0.15, 0.2) is 11.4 Å². The summed E-state index contributed by atoms with van der Waals surface area (Å²) >= 11 is 0. The molecule has 6 nitrogen and oxygen atoms in total. The molecule has 3 heterocycles. The average Bonchev–Trinajstić information content (AvgIpc) is 3.13. The Morgan fingerprint density at radius 2 is 1.89 bits per heavy atom. The topological polar surface area (TPSA) is 71.5 Å². The van der Waals surface area contributed by atoms with Crippen molar-refractivity contribution in [3.63, 3.8) is 0 Å². The number of benzene rings is 2. The Bertz CT molecular complexity index is 1210. The van der Waals surface area contributed by atoms with E-state index in [9.17, 15) is 9.18 Å². The molecule has 4 aromatic rings. The number of nitrogens with one attached hydrogen (secondary N) is 1. The Morgan fingerprint density at radius 3 is 2.70 bits per heavy atom. The van der Waals surface area contributed by atoms with Gasteiger partial charge in [-0.3, -0.25) is 0 Å². The van der Waals surface area contributed by atoms with Gasteiger partial charge in [-0.05, 0) is 30.3 Å². The molecule has 0 radical (unpaired) electrons. The third-order valence-electron chi connectivity index (χ3n) is 4.80. The van der Waals surface area contributed by atoms with Crippen LogP contribution in [0.15, 0.2) is 56.1 Å². The molecule has 0 spiro atoms. The van der Waals surface area contributed by atoms with Crippen LogP contribution in [-0.4, -0.2) is 31.2 Å². The zero-order chi connectivity index (χ0) is 18.4. The fourth-order valence-corrected chi connectivity index (χ4v) is 3.40. The van der Waals surface area contributed by atoms with Crippen molar-refractivity contribution >= 4 is 27.8 Å². The van der Waals surface area contributed by atoms with Gasteiger partial charge in [0.2, 0.25) is 5.89 Å². The minimum Gasteiger partial charge on any atom is -0.436 e. The molecule has 2 aromatic heterocycles. The van der Waals surface area contributed by atoms with Crippen LogP contribution >= 0.6 is 0 Å². The van der Waals surface area contributed by atoms with Crippen molar-refractivity contribution < 1.29 is 13.2 Å². The molecule has 7 heteroatoms. The number of aromatic nitrogens is 1. The zero-order valence-corrected chi connectivity index (χ0v) is 14.4. The minimum atomic E-state index is -0.563. The van der Waals surface area contributed by atoms with E-state index in [-0.39, 0.29) is 17.0 Å². The molecule has 0 bridgehead atoms. The second kappa shape index (κ2) is 6.21. The van der Waals surface area contributed by atoms with Crippen LogP contribution in [0.2, 0.25) is 0 Å². The van der Waals surface area contributed by atoms with Gasteiger partial charge in [0.25, 0.3) is 0 Å². The predicted molar refractivity (Wildman–Crippen MR) is 101 cm³/mol. The van der Waals surface area contributed by atoms with Gasteiger partial charge in [0.05, 0.1) is 0 Å². The molecule has 5 rings (SSSR count). The first-order chi connectivity index (χ1) is 13.2. The van der Waals surface area contributed by atoms with E-state index in [2.05, 4.69) is 15.2 Å². The number of anilines is 1. The van der Waals surface area contributed by atoms with Crippen LogP contribution in [0.25, 0.3) is 33.5 Å². The molecule has 1 aliphatic heterocycles. The summed E-state index contributed by atoms with van der Waals surface area (Å²) in [6, 6.07) is 11.9. The van der Waals surface area contributed by atoms with Crippen LogP contribution in [0.3, 0.4) is 0 Å². The van der Waals surface area contributed by atoms with Gasteiger partial charge in [0.1, 0.15) is 16.7 Å². The minimum absolute atomic E-state index is 0.0527. The van der Waals surface area contributed by atoms with Gasteiger partial charge in [-0.25, -0.2) is 14.2 Å². The van der Waals surface area contributed by atoms with E-state index in [1.54, 1.807) is 12.1 Å². The number of hydrogen-bond donors (Lipinski definition) is 1. The number of halogens is 1. The summed E-state index contributed by atoms with van der Waals surface area (Å²) in [4.78, 5) is 18.9. The average molecular weight is 365 g/mol. The summed E-state index contributed by atoms with van der Waals surface area (Å²) in [5, 5.41) is 4.07. The molecule has 136 valence electrons. The standard InChI is InChI=1S/C20H16FN3O3/c21-15-2-1-3-16-18(15)23-19(26-16)14-10-12-4-5-13(11-17(12)27-20(14)25)24-8-6-22-7-9-24/h1-5,10-11,22H,6-9H2. The van der Waals surface area contributed by atoms with Crippen LogP contribution in [-0.2, 0) is 0 Å². The van der Waals surface area contributed by atoms with Gasteiger partial charge < -0.3 is 19.1 Å². The fraction of sp³-hybridized carbons (Fsp3) is 0.200. The summed E-state index contributed by atoms with van der Waals surface area (Å²) in [5.41, 5.74) is 1.52. The first-order valence-corrected chi connectivity index (χ1v) is 8.78. The molecule has 0 unspecified atom stereocenters. The molecule has 1 saturated heterocycles. The fourth-order valence-electron chi connectivity index (χ4n) is 3.40. The van der Waals surface area contributed by atoms with Crippen molar-refractivity contribution in [3.8, 4) is 11.5 Å². The quantitative estimate of drug-likeness (QED) is 0.550. The zero-order valence-electron chi connectivity index (χ0n) is 14.4. The largest absolute Gasteiger partial charge is 0.436 e. The van der Waals surface area contributed by atoms with Crippen molar-refractivity contribution in [3.05, 3.63) is 58.7 Å². The maximum absolute atomic E-state index is 13.9. The smallest absolute Gasteiger partial charge is 0.349 e. The van der Waals surface area contributed by atoms with Crippen molar-refractivity contribution in [2.24, 2.45) is 0 Å². The normalized spacial score (nSPS) is 14.9. The summed E-state index contributed by atoms with van der Waals surface area (Å²) in [7, 11) is 0. The summed E-state index contributed by atoms with van der Waals surface area (Å²) in [6.45, 7) is 3.66. The monoisotopic (exact) mass is 365 g/mol. The van der Waals surface area contributed by atoms with E-state index in [1.165, 1.54) is 12.1 Å². The number of nitrogens with zero attached hydrogens (tertiary/aromatic N) is 2. The van der Waals surface area contributed by atoms with Crippen molar-refractivity contribution in [2.45, 2.75) is 0 Å². The maximum atomic E-state index is 13.9. The van der Waals surface area contributed by atoms with E-state index in [0.717, 1.165) is 37.3 Å². The molecular weight excluding hydrogens is 349 g/mol. The summed E-state index contributed by atoms with van der Waals surface area (Å²) in [6.07, 6.45) is 0. The molecule has 0 saturated carbocycles. The van der Waals surface area contributed by atoms with Crippen LogP contribution in [0, 0.1) is 5.82 Å². The lowest BCUT2D eigenvalue weighted by Gasteiger charge is -2.29. The lowest BCUT2D eigenvalue weighted by molar-refractivity contribution is 0.552. The van der Waals surface area contributed by atoms with Crippen LogP contribution < -0.4 is 15.8 Å². The van der Waals surface area contributed by atoms with Gasteiger partial charge in [-0.15, -0.1) is 0 Å². The molecule has 0 amide bonds. The molecule has 1 N–H and O–H groups in total. The molecule has 1 fully saturated rings. The third kappa shape index (κ3) is 2.76. The number of oxazole rings is 1. The number of hydrogen-bond acceptors (Lipinski definition) is 6. The number of rotatable bonds is 2. The molecule has 2 aromatic carbocycles. The Labute approximate surface area is 153 Å². The Hall–Kier alpha value is -3.19. The number of fused-ring (bicyclic) bond motifs is 2. The van der Waals surface area contributed by atoms with Crippen molar-refractivity contribution in [2.75, 3.05) is 31.1 Å². The molecule has 27 heavy (non-hydrogen) atoms. The Morgan fingerprint density at radius 1 is 1.04 bits per heavy atom. The van der Waals surface area contributed by atoms with E-state index >= 15 is 0 Å². The van der Waals surface area contributed by atoms with E-state index in [4.69, 9.17) is 8.83 Å². The van der Waals surface area contributed by atoms with Crippen LogP contribution in [0.5, 0.6) is 0 Å². The SMILES string of the molecule is O=c1oc2cc(N3CCNCC3)ccc2cc1-c1nc2c(F)cccc2o1. The molecule has 0 atom stereocenters. The highest BCUT2D eigenvalue weighted by Crippen LogP contribution is 2.27. The molecule has 1 aliphatic rings. The van der Waals surface area contributed by atoms with E-state index < -0.39 is 11.4 Å².